The third-order valence-corrected chi connectivity index (χ3v) is 7.71. The van der Waals surface area contributed by atoms with Crippen LogP contribution in [0.15, 0.2) is 51.8 Å². The van der Waals surface area contributed by atoms with Crippen molar-refractivity contribution in [1.82, 2.24) is 14.2 Å². The molecule has 4 rings (SSSR count). The Bertz CT molecular complexity index is 1200. The van der Waals surface area contributed by atoms with Crippen molar-refractivity contribution < 1.29 is 17.2 Å². The van der Waals surface area contributed by atoms with E-state index in [1.54, 1.807) is 19.1 Å². The van der Waals surface area contributed by atoms with Crippen LogP contribution in [0.2, 0.25) is 5.02 Å². The molecule has 31 heavy (non-hydrogen) atoms. The molecule has 0 unspecified atom stereocenters. The predicted octanol–water partition coefficient (Wildman–Crippen LogP) is 4.26. The van der Waals surface area contributed by atoms with E-state index in [9.17, 15) is 12.8 Å². The molecule has 0 saturated carbocycles. The second kappa shape index (κ2) is 8.70. The van der Waals surface area contributed by atoms with E-state index in [-0.39, 0.29) is 4.90 Å². The smallest absolute Gasteiger partial charge is 0.243 e. The standard InChI is InChI=1S/C22H23ClFN3O3S/c1-15-6-7-19(24)13-21(15)31(28,29)27-10-8-26(9-11-27)14-20-16(2)30-22(25-20)17-4-3-5-18(23)12-17/h3-7,12-13H,8-11,14H2,1-2H3. The molecule has 164 valence electrons. The number of nitrogens with zero attached hydrogens (tertiary/aromatic N) is 3. The van der Waals surface area contributed by atoms with Crippen molar-refractivity contribution in [3.8, 4) is 11.5 Å². The molecule has 0 amide bonds. The van der Waals surface area contributed by atoms with Crippen molar-refractivity contribution in [2.45, 2.75) is 25.3 Å². The number of piperazine rings is 1. The molecule has 1 aliphatic rings. The van der Waals surface area contributed by atoms with Gasteiger partial charge in [-0.15, -0.1) is 0 Å². The van der Waals surface area contributed by atoms with Gasteiger partial charge in [-0.25, -0.2) is 17.8 Å². The van der Waals surface area contributed by atoms with Crippen molar-refractivity contribution in [3.63, 3.8) is 0 Å². The summed E-state index contributed by atoms with van der Waals surface area (Å²) >= 11 is 6.06. The first-order valence-corrected chi connectivity index (χ1v) is 11.8. The molecule has 2 aromatic carbocycles. The molecule has 0 atom stereocenters. The summed E-state index contributed by atoms with van der Waals surface area (Å²) in [6, 6.07) is 11.2. The van der Waals surface area contributed by atoms with Crippen LogP contribution in [0, 0.1) is 19.7 Å². The lowest BCUT2D eigenvalue weighted by Crippen LogP contribution is -2.48. The van der Waals surface area contributed by atoms with Gasteiger partial charge in [0.2, 0.25) is 15.9 Å². The maximum atomic E-state index is 13.6. The van der Waals surface area contributed by atoms with Crippen LogP contribution >= 0.6 is 11.6 Å². The number of oxazole rings is 1. The highest BCUT2D eigenvalue weighted by molar-refractivity contribution is 7.89. The van der Waals surface area contributed by atoms with Gasteiger partial charge in [-0.1, -0.05) is 23.7 Å². The van der Waals surface area contributed by atoms with E-state index < -0.39 is 15.8 Å². The third kappa shape index (κ3) is 4.67. The number of sulfonamides is 1. The maximum Gasteiger partial charge on any atom is 0.243 e. The van der Waals surface area contributed by atoms with Crippen molar-refractivity contribution in [2.75, 3.05) is 26.2 Å². The number of benzene rings is 2. The number of hydrogen-bond acceptors (Lipinski definition) is 5. The summed E-state index contributed by atoms with van der Waals surface area (Å²) in [6.45, 7) is 5.85. The first-order chi connectivity index (χ1) is 14.7. The van der Waals surface area contributed by atoms with E-state index in [0.29, 0.717) is 49.2 Å². The first kappa shape index (κ1) is 22.0. The van der Waals surface area contributed by atoms with Gasteiger partial charge in [0.1, 0.15) is 11.6 Å². The van der Waals surface area contributed by atoms with Gasteiger partial charge in [-0.3, -0.25) is 4.90 Å². The van der Waals surface area contributed by atoms with E-state index >= 15 is 0 Å². The highest BCUT2D eigenvalue weighted by Crippen LogP contribution is 2.26. The van der Waals surface area contributed by atoms with Crippen LogP contribution in [0.4, 0.5) is 4.39 Å². The molecule has 2 heterocycles. The zero-order valence-electron chi connectivity index (χ0n) is 17.3. The fourth-order valence-electron chi connectivity index (χ4n) is 3.65. The van der Waals surface area contributed by atoms with Gasteiger partial charge < -0.3 is 4.42 Å². The largest absolute Gasteiger partial charge is 0.441 e. The van der Waals surface area contributed by atoms with Crippen LogP contribution < -0.4 is 0 Å². The van der Waals surface area contributed by atoms with Gasteiger partial charge in [-0.05, 0) is 49.7 Å². The summed E-state index contributed by atoms with van der Waals surface area (Å²) < 4.78 is 46.8. The minimum Gasteiger partial charge on any atom is -0.441 e. The average molecular weight is 464 g/mol. The molecule has 0 radical (unpaired) electrons. The van der Waals surface area contributed by atoms with Crippen LogP contribution in [0.1, 0.15) is 17.0 Å². The number of hydrogen-bond donors (Lipinski definition) is 0. The molecular formula is C22H23ClFN3O3S. The summed E-state index contributed by atoms with van der Waals surface area (Å²) in [5.74, 6) is 0.679. The van der Waals surface area contributed by atoms with E-state index in [4.69, 9.17) is 16.0 Å². The molecule has 9 heteroatoms. The Morgan fingerprint density at radius 3 is 2.55 bits per heavy atom. The molecule has 0 N–H and O–H groups in total. The fourth-order valence-corrected chi connectivity index (χ4v) is 5.50. The minimum absolute atomic E-state index is 0.0273. The molecule has 0 aliphatic carbocycles. The molecule has 1 aliphatic heterocycles. The Balaban J connectivity index is 1.43. The zero-order chi connectivity index (χ0) is 22.2. The van der Waals surface area contributed by atoms with E-state index in [1.165, 1.54) is 16.4 Å². The second-order valence-corrected chi connectivity index (χ2v) is 9.97. The molecule has 3 aromatic rings. The van der Waals surface area contributed by atoms with E-state index in [0.717, 1.165) is 23.1 Å². The van der Waals surface area contributed by atoms with Gasteiger partial charge in [0.25, 0.3) is 0 Å². The monoisotopic (exact) mass is 463 g/mol. The van der Waals surface area contributed by atoms with Gasteiger partial charge in [0.05, 0.1) is 10.6 Å². The lowest BCUT2D eigenvalue weighted by atomic mass is 10.2. The second-order valence-electron chi connectivity index (χ2n) is 7.62. The fraction of sp³-hybridized carbons (Fsp3) is 0.318. The van der Waals surface area contributed by atoms with Crippen LogP contribution in [-0.2, 0) is 16.6 Å². The Kier molecular flexibility index (Phi) is 6.16. The lowest BCUT2D eigenvalue weighted by Gasteiger charge is -2.33. The van der Waals surface area contributed by atoms with Crippen molar-refractivity contribution in [3.05, 3.63) is 70.3 Å². The third-order valence-electron chi connectivity index (χ3n) is 5.44. The predicted molar refractivity (Wildman–Crippen MR) is 117 cm³/mol. The lowest BCUT2D eigenvalue weighted by molar-refractivity contribution is 0.179. The van der Waals surface area contributed by atoms with Gasteiger partial charge in [0, 0.05) is 43.3 Å². The Morgan fingerprint density at radius 2 is 1.84 bits per heavy atom. The molecular weight excluding hydrogens is 441 g/mol. The van der Waals surface area contributed by atoms with Crippen LogP contribution in [-0.4, -0.2) is 48.8 Å². The number of aromatic nitrogens is 1. The molecule has 6 nitrogen and oxygen atoms in total. The van der Waals surface area contributed by atoms with E-state index in [1.807, 2.05) is 19.1 Å². The topological polar surface area (TPSA) is 66.7 Å². The molecule has 0 bridgehead atoms. The van der Waals surface area contributed by atoms with Crippen LogP contribution in [0.5, 0.6) is 0 Å². The summed E-state index contributed by atoms with van der Waals surface area (Å²) in [5, 5.41) is 0.612. The van der Waals surface area contributed by atoms with E-state index in [2.05, 4.69) is 9.88 Å². The normalized spacial score (nSPS) is 16.0. The molecule has 1 saturated heterocycles. The number of rotatable bonds is 5. The Morgan fingerprint density at radius 1 is 1.10 bits per heavy atom. The van der Waals surface area contributed by atoms with Gasteiger partial charge >= 0.3 is 0 Å². The van der Waals surface area contributed by atoms with Crippen molar-refractivity contribution >= 4 is 21.6 Å². The van der Waals surface area contributed by atoms with Crippen molar-refractivity contribution in [2.24, 2.45) is 0 Å². The van der Waals surface area contributed by atoms with Crippen LogP contribution in [0.25, 0.3) is 11.5 Å². The van der Waals surface area contributed by atoms with Gasteiger partial charge in [0.15, 0.2) is 0 Å². The molecule has 1 aromatic heterocycles. The Labute approximate surface area is 186 Å². The zero-order valence-corrected chi connectivity index (χ0v) is 18.9. The van der Waals surface area contributed by atoms with Gasteiger partial charge in [-0.2, -0.15) is 4.31 Å². The van der Waals surface area contributed by atoms with Crippen molar-refractivity contribution in [1.29, 1.82) is 0 Å². The molecule has 1 fully saturated rings. The average Bonchev–Trinajstić information content (AvgIpc) is 3.10. The number of halogens is 2. The summed E-state index contributed by atoms with van der Waals surface area (Å²) in [5.41, 5.74) is 2.16. The number of aryl methyl sites for hydroxylation is 2. The highest BCUT2D eigenvalue weighted by atomic mass is 35.5. The minimum atomic E-state index is -3.74. The van der Waals surface area contributed by atoms with Crippen LogP contribution in [0.3, 0.4) is 0 Å². The summed E-state index contributed by atoms with van der Waals surface area (Å²) in [4.78, 5) is 6.77. The highest BCUT2D eigenvalue weighted by Gasteiger charge is 2.30. The quantitative estimate of drug-likeness (QED) is 0.565. The summed E-state index contributed by atoms with van der Waals surface area (Å²) in [6.07, 6.45) is 0. The Hall–Kier alpha value is -2.26. The SMILES string of the molecule is Cc1ccc(F)cc1S(=O)(=O)N1CCN(Cc2nc(-c3cccc(Cl)c3)oc2C)CC1. The molecule has 0 spiro atoms. The maximum absolute atomic E-state index is 13.6. The first-order valence-electron chi connectivity index (χ1n) is 9.95. The summed E-state index contributed by atoms with van der Waals surface area (Å²) in [7, 11) is -3.74.